The van der Waals surface area contributed by atoms with Gasteiger partial charge < -0.3 is 10.1 Å². The predicted molar refractivity (Wildman–Crippen MR) is 80.4 cm³/mol. The van der Waals surface area contributed by atoms with Gasteiger partial charge in [-0.3, -0.25) is 4.98 Å². The zero-order chi connectivity index (χ0) is 14.3. The van der Waals surface area contributed by atoms with Gasteiger partial charge in [0.15, 0.2) is 0 Å². The van der Waals surface area contributed by atoms with Crippen molar-refractivity contribution in [1.82, 2.24) is 10.3 Å². The highest BCUT2D eigenvalue weighted by atomic mass is 16.5. The first-order chi connectivity index (χ1) is 9.10. The van der Waals surface area contributed by atoms with Gasteiger partial charge in [0.1, 0.15) is 0 Å². The van der Waals surface area contributed by atoms with Gasteiger partial charge in [0.05, 0.1) is 0 Å². The molecule has 0 aliphatic carbocycles. The van der Waals surface area contributed by atoms with Crippen molar-refractivity contribution in [2.75, 3.05) is 20.3 Å². The summed E-state index contributed by atoms with van der Waals surface area (Å²) in [5.41, 5.74) is 3.54. The van der Waals surface area contributed by atoms with Crippen molar-refractivity contribution >= 4 is 0 Å². The highest BCUT2D eigenvalue weighted by Gasteiger charge is 2.20. The number of hydrogen-bond donors (Lipinski definition) is 1. The van der Waals surface area contributed by atoms with Crippen molar-refractivity contribution in [1.29, 1.82) is 0 Å². The lowest BCUT2D eigenvalue weighted by Crippen LogP contribution is -2.29. The van der Waals surface area contributed by atoms with E-state index in [0.717, 1.165) is 37.4 Å². The fourth-order valence-electron chi connectivity index (χ4n) is 2.41. The van der Waals surface area contributed by atoms with Gasteiger partial charge in [-0.1, -0.05) is 19.9 Å². The minimum atomic E-state index is 0.364. The van der Waals surface area contributed by atoms with Crippen molar-refractivity contribution in [3.8, 4) is 0 Å². The Balaban J connectivity index is 2.88. The maximum Gasteiger partial charge on any atom is 0.0465 e. The number of ether oxygens (including phenoxy) is 1. The standard InChI is InChI=1S/C16H28N2O/c1-6-10-17-16(12(2)9-11-19-5)15-8-7-13(3)18-14(15)4/h7-8,12,16-17H,6,9-11H2,1-5H3. The third-order valence-corrected chi connectivity index (χ3v) is 3.56. The van der Waals surface area contributed by atoms with E-state index >= 15 is 0 Å². The van der Waals surface area contributed by atoms with E-state index in [-0.39, 0.29) is 0 Å². The van der Waals surface area contributed by atoms with Crippen LogP contribution in [0.4, 0.5) is 0 Å². The largest absolute Gasteiger partial charge is 0.385 e. The summed E-state index contributed by atoms with van der Waals surface area (Å²) in [6.45, 7) is 10.5. The van der Waals surface area contributed by atoms with Crippen LogP contribution in [0, 0.1) is 19.8 Å². The first-order valence-corrected chi connectivity index (χ1v) is 7.26. The second-order valence-electron chi connectivity index (χ2n) is 5.32. The molecule has 1 heterocycles. The fourth-order valence-corrected chi connectivity index (χ4v) is 2.41. The van der Waals surface area contributed by atoms with Crippen LogP contribution in [0.25, 0.3) is 0 Å². The van der Waals surface area contributed by atoms with Gasteiger partial charge in [-0.25, -0.2) is 0 Å². The quantitative estimate of drug-likeness (QED) is 0.781. The SMILES string of the molecule is CCCNC(c1ccc(C)nc1C)C(C)CCOC. The summed E-state index contributed by atoms with van der Waals surface area (Å²) in [7, 11) is 1.76. The Bertz CT molecular complexity index is 379. The highest BCUT2D eigenvalue weighted by molar-refractivity contribution is 5.25. The summed E-state index contributed by atoms with van der Waals surface area (Å²) in [6.07, 6.45) is 2.21. The molecule has 0 saturated carbocycles. The molecule has 0 spiro atoms. The number of pyridine rings is 1. The van der Waals surface area contributed by atoms with Crippen LogP contribution in [-0.2, 0) is 4.74 Å². The lowest BCUT2D eigenvalue weighted by atomic mass is 9.91. The van der Waals surface area contributed by atoms with Crippen LogP contribution in [0.1, 0.15) is 49.7 Å². The van der Waals surface area contributed by atoms with E-state index in [1.54, 1.807) is 7.11 Å². The van der Waals surface area contributed by atoms with Crippen LogP contribution in [0.3, 0.4) is 0 Å². The van der Waals surface area contributed by atoms with Crippen LogP contribution in [0.15, 0.2) is 12.1 Å². The molecule has 0 aromatic carbocycles. The summed E-state index contributed by atoms with van der Waals surface area (Å²) < 4.78 is 5.21. The maximum absolute atomic E-state index is 5.21. The van der Waals surface area contributed by atoms with Crippen LogP contribution in [0.5, 0.6) is 0 Å². The molecule has 0 aliphatic heterocycles. The summed E-state index contributed by atoms with van der Waals surface area (Å²) in [6, 6.07) is 4.68. The molecule has 19 heavy (non-hydrogen) atoms. The average molecular weight is 264 g/mol. The summed E-state index contributed by atoms with van der Waals surface area (Å²) in [4.78, 5) is 4.59. The van der Waals surface area contributed by atoms with E-state index in [1.807, 2.05) is 6.92 Å². The highest BCUT2D eigenvalue weighted by Crippen LogP contribution is 2.26. The third kappa shape index (κ3) is 4.92. The topological polar surface area (TPSA) is 34.2 Å². The monoisotopic (exact) mass is 264 g/mol. The number of nitrogens with zero attached hydrogens (tertiary/aromatic N) is 1. The maximum atomic E-state index is 5.21. The summed E-state index contributed by atoms with van der Waals surface area (Å²) in [5, 5.41) is 3.66. The molecule has 3 heteroatoms. The Morgan fingerprint density at radius 3 is 2.63 bits per heavy atom. The van der Waals surface area contributed by atoms with E-state index in [0.29, 0.717) is 12.0 Å². The molecule has 0 amide bonds. The molecule has 0 bridgehead atoms. The molecular weight excluding hydrogens is 236 g/mol. The minimum absolute atomic E-state index is 0.364. The normalized spacial score (nSPS) is 14.4. The van der Waals surface area contributed by atoms with Gasteiger partial charge >= 0.3 is 0 Å². The van der Waals surface area contributed by atoms with Gasteiger partial charge in [0.25, 0.3) is 0 Å². The fraction of sp³-hybridized carbons (Fsp3) is 0.688. The summed E-state index contributed by atoms with van der Waals surface area (Å²) in [5.74, 6) is 0.537. The van der Waals surface area contributed by atoms with Gasteiger partial charge in [-0.2, -0.15) is 0 Å². The summed E-state index contributed by atoms with van der Waals surface area (Å²) >= 11 is 0. The lowest BCUT2D eigenvalue weighted by molar-refractivity contribution is 0.170. The zero-order valence-corrected chi connectivity index (χ0v) is 13.0. The molecule has 2 unspecified atom stereocenters. The van der Waals surface area contributed by atoms with Crippen LogP contribution >= 0.6 is 0 Å². The Morgan fingerprint density at radius 1 is 1.32 bits per heavy atom. The molecule has 2 atom stereocenters. The van der Waals surface area contributed by atoms with Gasteiger partial charge in [0, 0.05) is 31.1 Å². The van der Waals surface area contributed by atoms with Crippen molar-refractivity contribution in [2.24, 2.45) is 5.92 Å². The number of aromatic nitrogens is 1. The molecule has 108 valence electrons. The Kier molecular flexibility index (Phi) is 7.03. The third-order valence-electron chi connectivity index (χ3n) is 3.56. The Labute approximate surface area is 117 Å². The molecule has 0 fully saturated rings. The first-order valence-electron chi connectivity index (χ1n) is 7.26. The lowest BCUT2D eigenvalue weighted by Gasteiger charge is -2.26. The molecule has 1 aromatic heterocycles. The molecular formula is C16H28N2O. The Morgan fingerprint density at radius 2 is 2.05 bits per heavy atom. The average Bonchev–Trinajstić information content (AvgIpc) is 2.38. The number of methoxy groups -OCH3 is 1. The van der Waals surface area contributed by atoms with Crippen molar-refractivity contribution in [2.45, 2.75) is 46.6 Å². The van der Waals surface area contributed by atoms with E-state index in [1.165, 1.54) is 5.56 Å². The molecule has 1 N–H and O–H groups in total. The zero-order valence-electron chi connectivity index (χ0n) is 13.0. The molecule has 0 radical (unpaired) electrons. The smallest absolute Gasteiger partial charge is 0.0465 e. The van der Waals surface area contributed by atoms with Crippen molar-refractivity contribution in [3.63, 3.8) is 0 Å². The number of nitrogens with one attached hydrogen (secondary N) is 1. The predicted octanol–water partition coefficient (Wildman–Crippen LogP) is 3.41. The molecule has 0 saturated heterocycles. The van der Waals surface area contributed by atoms with Gasteiger partial charge in [0.2, 0.25) is 0 Å². The van der Waals surface area contributed by atoms with E-state index in [4.69, 9.17) is 4.74 Å². The minimum Gasteiger partial charge on any atom is -0.385 e. The van der Waals surface area contributed by atoms with Crippen LogP contribution < -0.4 is 5.32 Å². The number of rotatable bonds is 8. The number of aryl methyl sites for hydroxylation is 2. The Hall–Kier alpha value is -0.930. The molecule has 1 aromatic rings. The van der Waals surface area contributed by atoms with Gasteiger partial charge in [-0.15, -0.1) is 0 Å². The van der Waals surface area contributed by atoms with Crippen molar-refractivity contribution in [3.05, 3.63) is 29.1 Å². The molecule has 3 nitrogen and oxygen atoms in total. The first kappa shape index (κ1) is 16.1. The number of hydrogen-bond acceptors (Lipinski definition) is 3. The second kappa shape index (κ2) is 8.28. The van der Waals surface area contributed by atoms with E-state index < -0.39 is 0 Å². The van der Waals surface area contributed by atoms with Gasteiger partial charge in [-0.05, 0) is 50.8 Å². The van der Waals surface area contributed by atoms with Crippen molar-refractivity contribution < 1.29 is 4.74 Å². The van der Waals surface area contributed by atoms with E-state index in [9.17, 15) is 0 Å². The molecule has 0 aliphatic rings. The molecule has 1 rings (SSSR count). The van der Waals surface area contributed by atoms with E-state index in [2.05, 4.69) is 43.2 Å². The second-order valence-corrected chi connectivity index (χ2v) is 5.32. The van der Waals surface area contributed by atoms with Crippen LogP contribution in [0.2, 0.25) is 0 Å². The van der Waals surface area contributed by atoms with Crippen LogP contribution in [-0.4, -0.2) is 25.2 Å².